The minimum atomic E-state index is -0.644. The second-order valence-electron chi connectivity index (χ2n) is 10.6. The monoisotopic (exact) mass is 468 g/mol. The maximum atomic E-state index is 6.79. The fourth-order valence-electron chi connectivity index (χ4n) is 5.97. The third-order valence-electron chi connectivity index (χ3n) is 7.79. The van der Waals surface area contributed by atoms with Crippen molar-refractivity contribution in [2.75, 3.05) is 41.7 Å². The van der Waals surface area contributed by atoms with Crippen LogP contribution in [-0.4, -0.2) is 47.4 Å². The van der Waals surface area contributed by atoms with E-state index in [1.165, 1.54) is 22.3 Å². The van der Waals surface area contributed by atoms with Gasteiger partial charge in [0.15, 0.2) is 28.8 Å². The summed E-state index contributed by atoms with van der Waals surface area (Å²) in [6, 6.07) is 8.56. The first-order chi connectivity index (χ1) is 16.3. The van der Waals surface area contributed by atoms with Crippen molar-refractivity contribution in [2.45, 2.75) is 45.3 Å². The zero-order valence-corrected chi connectivity index (χ0v) is 21.2. The average molecular weight is 469 g/mol. The van der Waals surface area contributed by atoms with Crippen LogP contribution in [0.5, 0.6) is 23.0 Å². The van der Waals surface area contributed by atoms with Gasteiger partial charge >= 0.3 is 0 Å². The molecule has 1 spiro atoms. The predicted molar refractivity (Wildman–Crippen MR) is 129 cm³/mol. The molecule has 1 heterocycles. The maximum absolute atomic E-state index is 6.79. The van der Waals surface area contributed by atoms with Gasteiger partial charge in [-0.05, 0) is 72.2 Å². The summed E-state index contributed by atoms with van der Waals surface area (Å²) < 4.78 is 36.1. The Hall–Kier alpha value is -2.44. The summed E-state index contributed by atoms with van der Waals surface area (Å²) in [6.45, 7) is 5.78. The largest absolute Gasteiger partial charge is 0.493 e. The predicted octanol–water partition coefficient (Wildman–Crippen LogP) is 4.62. The first-order valence-electron chi connectivity index (χ1n) is 12.1. The molecule has 2 aromatic carbocycles. The number of benzene rings is 2. The van der Waals surface area contributed by atoms with E-state index in [1.807, 2.05) is 0 Å². The van der Waals surface area contributed by atoms with E-state index in [1.54, 1.807) is 28.4 Å². The normalized spacial score (nSPS) is 24.3. The van der Waals surface area contributed by atoms with Gasteiger partial charge in [0.05, 0.1) is 41.7 Å². The van der Waals surface area contributed by atoms with E-state index in [0.29, 0.717) is 13.2 Å². The summed E-state index contributed by atoms with van der Waals surface area (Å²) in [5, 5.41) is 0. The number of fused-ring (bicyclic) bond motifs is 2. The number of hydrogen-bond acceptors (Lipinski definition) is 6. The Bertz CT molecular complexity index is 926. The third kappa shape index (κ3) is 3.81. The van der Waals surface area contributed by atoms with E-state index in [-0.39, 0.29) is 17.3 Å². The van der Waals surface area contributed by atoms with Gasteiger partial charge in [-0.3, -0.25) is 0 Å². The van der Waals surface area contributed by atoms with E-state index in [0.717, 1.165) is 48.7 Å². The van der Waals surface area contributed by atoms with Crippen LogP contribution in [0.25, 0.3) is 0 Å². The zero-order valence-electron chi connectivity index (χ0n) is 21.2. The fraction of sp³-hybridized carbons (Fsp3) is 0.571. The quantitative estimate of drug-likeness (QED) is 0.653. The van der Waals surface area contributed by atoms with Crippen molar-refractivity contribution in [3.63, 3.8) is 0 Å². The lowest BCUT2D eigenvalue weighted by atomic mass is 9.80. The molecule has 1 fully saturated rings. The van der Waals surface area contributed by atoms with Gasteiger partial charge in [0, 0.05) is 17.3 Å². The second-order valence-corrected chi connectivity index (χ2v) is 10.6. The van der Waals surface area contributed by atoms with Crippen molar-refractivity contribution in [2.24, 2.45) is 17.3 Å². The van der Waals surface area contributed by atoms with Crippen LogP contribution >= 0.6 is 0 Å². The smallest absolute Gasteiger partial charge is 0.175 e. The summed E-state index contributed by atoms with van der Waals surface area (Å²) in [5.41, 5.74) is 5.13. The van der Waals surface area contributed by atoms with Gasteiger partial charge in [0.1, 0.15) is 0 Å². The van der Waals surface area contributed by atoms with Gasteiger partial charge in [-0.25, -0.2) is 0 Å². The molecule has 34 heavy (non-hydrogen) atoms. The highest BCUT2D eigenvalue weighted by Crippen LogP contribution is 2.51. The van der Waals surface area contributed by atoms with E-state index in [2.05, 4.69) is 38.1 Å². The van der Waals surface area contributed by atoms with E-state index in [9.17, 15) is 0 Å². The van der Waals surface area contributed by atoms with Gasteiger partial charge < -0.3 is 28.4 Å². The molecule has 0 saturated carbocycles. The second kappa shape index (κ2) is 8.65. The highest BCUT2D eigenvalue weighted by Gasteiger charge is 2.54. The molecule has 5 rings (SSSR count). The molecule has 2 aliphatic carbocycles. The standard InChI is InChI=1S/C28H36O6/c1-27(2)15-33-28(34-16-27)21-7-17-11-23(29-3)24(30-4)12-18(17)8-22(28)10-20-14-26(32-6)25(31-5)13-19(20)9-21/h11-14,21-22H,7-10,15-16H2,1-6H3. The minimum Gasteiger partial charge on any atom is -0.493 e. The molecule has 6 nitrogen and oxygen atoms in total. The molecule has 1 aliphatic heterocycles. The molecule has 0 aromatic heterocycles. The highest BCUT2D eigenvalue weighted by atomic mass is 16.7. The molecular weight excluding hydrogens is 432 g/mol. The Balaban J connectivity index is 1.63. The van der Waals surface area contributed by atoms with Crippen LogP contribution in [0.4, 0.5) is 0 Å². The summed E-state index contributed by atoms with van der Waals surface area (Å²) >= 11 is 0. The van der Waals surface area contributed by atoms with E-state index in [4.69, 9.17) is 28.4 Å². The zero-order chi connectivity index (χ0) is 24.1. The van der Waals surface area contributed by atoms with Crippen LogP contribution in [0.2, 0.25) is 0 Å². The van der Waals surface area contributed by atoms with Gasteiger partial charge in [-0.2, -0.15) is 0 Å². The lowest BCUT2D eigenvalue weighted by molar-refractivity contribution is -0.343. The van der Waals surface area contributed by atoms with Crippen LogP contribution < -0.4 is 18.9 Å². The number of ether oxygens (including phenoxy) is 6. The Morgan fingerprint density at radius 2 is 0.882 bits per heavy atom. The van der Waals surface area contributed by atoms with Crippen molar-refractivity contribution in [1.82, 2.24) is 0 Å². The highest BCUT2D eigenvalue weighted by molar-refractivity contribution is 5.51. The Morgan fingerprint density at radius 1 is 0.588 bits per heavy atom. The summed E-state index contributed by atoms with van der Waals surface area (Å²) in [7, 11) is 6.77. The lowest BCUT2D eigenvalue weighted by Crippen LogP contribution is -2.57. The number of rotatable bonds is 4. The SMILES string of the molecule is COc1cc2c(cc1OC)CC1Cc3cc(OC)c(OC)cc3CC(C2)C12OCC(C)(C)CO2. The molecule has 184 valence electrons. The molecule has 2 aromatic rings. The van der Waals surface area contributed by atoms with Gasteiger partial charge in [0.2, 0.25) is 0 Å². The summed E-state index contributed by atoms with van der Waals surface area (Å²) in [6.07, 6.45) is 3.39. The van der Waals surface area contributed by atoms with Gasteiger partial charge in [-0.15, -0.1) is 0 Å². The van der Waals surface area contributed by atoms with E-state index < -0.39 is 5.79 Å². The molecule has 2 bridgehead atoms. The van der Waals surface area contributed by atoms with E-state index >= 15 is 0 Å². The topological polar surface area (TPSA) is 55.4 Å². The Kier molecular flexibility index (Phi) is 5.93. The van der Waals surface area contributed by atoms with Crippen molar-refractivity contribution < 1.29 is 28.4 Å². The van der Waals surface area contributed by atoms with Crippen molar-refractivity contribution in [1.29, 1.82) is 0 Å². The molecule has 1 saturated heterocycles. The van der Waals surface area contributed by atoms with Crippen LogP contribution in [0.3, 0.4) is 0 Å². The fourth-order valence-corrected chi connectivity index (χ4v) is 5.97. The van der Waals surface area contributed by atoms with Gasteiger partial charge in [0.25, 0.3) is 0 Å². The summed E-state index contributed by atoms with van der Waals surface area (Å²) in [5.74, 6) is 2.74. The van der Waals surface area contributed by atoms with Crippen LogP contribution in [0.1, 0.15) is 36.1 Å². The Morgan fingerprint density at radius 3 is 1.15 bits per heavy atom. The maximum Gasteiger partial charge on any atom is 0.175 e. The van der Waals surface area contributed by atoms with Crippen molar-refractivity contribution in [3.05, 3.63) is 46.5 Å². The van der Waals surface area contributed by atoms with Crippen molar-refractivity contribution in [3.8, 4) is 23.0 Å². The molecular formula is C28H36O6. The summed E-state index contributed by atoms with van der Waals surface area (Å²) in [4.78, 5) is 0. The molecule has 3 aliphatic rings. The van der Waals surface area contributed by atoms with Crippen LogP contribution in [0.15, 0.2) is 24.3 Å². The average Bonchev–Trinajstić information content (AvgIpc) is 3.03. The molecule has 6 heteroatoms. The Labute approximate surface area is 202 Å². The van der Waals surface area contributed by atoms with Crippen molar-refractivity contribution >= 4 is 0 Å². The lowest BCUT2D eigenvalue weighted by Gasteiger charge is -2.50. The molecule has 0 unspecified atom stereocenters. The van der Waals surface area contributed by atoms with Crippen LogP contribution in [0, 0.1) is 17.3 Å². The van der Waals surface area contributed by atoms with Gasteiger partial charge in [-0.1, -0.05) is 13.8 Å². The number of methoxy groups -OCH3 is 4. The number of hydrogen-bond donors (Lipinski definition) is 0. The molecule has 0 atom stereocenters. The minimum absolute atomic E-state index is 0.000703. The van der Waals surface area contributed by atoms with Crippen LogP contribution in [-0.2, 0) is 35.2 Å². The molecule has 0 N–H and O–H groups in total. The first-order valence-corrected chi connectivity index (χ1v) is 12.1. The molecule has 0 amide bonds. The molecule has 0 radical (unpaired) electrons. The third-order valence-corrected chi connectivity index (χ3v) is 7.79. The first kappa shape index (κ1) is 23.3.